The van der Waals surface area contributed by atoms with Crippen LogP contribution in [0.1, 0.15) is 46.0 Å². The van der Waals surface area contributed by atoms with Crippen LogP contribution in [0.15, 0.2) is 0 Å². The zero-order valence-electron chi connectivity index (χ0n) is 8.06. The van der Waals surface area contributed by atoms with Crippen molar-refractivity contribution in [2.75, 3.05) is 6.61 Å². The lowest BCUT2D eigenvalue weighted by Crippen LogP contribution is -2.41. The van der Waals surface area contributed by atoms with Gasteiger partial charge in [-0.15, -0.1) is 0 Å². The lowest BCUT2D eigenvalue weighted by molar-refractivity contribution is -0.148. The summed E-state index contributed by atoms with van der Waals surface area (Å²) in [6.45, 7) is 4.72. The Kier molecular flexibility index (Phi) is 3.27. The minimum Gasteiger partial charge on any atom is -0.368 e. The van der Waals surface area contributed by atoms with Crippen LogP contribution in [-0.2, 0) is 9.53 Å². The molecule has 0 radical (unpaired) electrons. The number of rotatable bonds is 3. The molecule has 0 bridgehead atoms. The van der Waals surface area contributed by atoms with Gasteiger partial charge >= 0.3 is 0 Å². The molecule has 1 fully saturated rings. The van der Waals surface area contributed by atoms with E-state index in [2.05, 4.69) is 0 Å². The second kappa shape index (κ2) is 4.04. The molecule has 0 aromatic rings. The molecule has 70 valence electrons. The summed E-state index contributed by atoms with van der Waals surface area (Å²) in [5.74, 6) is 0.282. The zero-order valence-corrected chi connectivity index (χ0v) is 8.06. The second-order valence-electron chi connectivity index (χ2n) is 3.71. The van der Waals surface area contributed by atoms with Gasteiger partial charge in [-0.1, -0.05) is 6.92 Å². The average molecular weight is 170 g/mol. The van der Waals surface area contributed by atoms with Gasteiger partial charge in [0.2, 0.25) is 0 Å². The minimum absolute atomic E-state index is 0.282. The Morgan fingerprint density at radius 3 is 2.75 bits per heavy atom. The van der Waals surface area contributed by atoms with E-state index in [1.165, 1.54) is 0 Å². The molecule has 2 nitrogen and oxygen atoms in total. The van der Waals surface area contributed by atoms with Crippen LogP contribution in [-0.4, -0.2) is 18.0 Å². The molecular weight excluding hydrogens is 152 g/mol. The Labute approximate surface area is 74.3 Å². The lowest BCUT2D eigenvalue weighted by atomic mass is 9.89. The molecule has 1 atom stereocenters. The van der Waals surface area contributed by atoms with E-state index >= 15 is 0 Å². The van der Waals surface area contributed by atoms with Crippen LogP contribution in [0.2, 0.25) is 0 Å². The molecule has 12 heavy (non-hydrogen) atoms. The van der Waals surface area contributed by atoms with E-state index in [4.69, 9.17) is 4.74 Å². The number of carbonyl (C=O) groups is 1. The Bertz CT molecular complexity index is 157. The molecule has 1 saturated heterocycles. The monoisotopic (exact) mass is 170 g/mol. The molecule has 0 spiro atoms. The summed E-state index contributed by atoms with van der Waals surface area (Å²) < 4.78 is 5.53. The molecule has 0 aliphatic carbocycles. The number of ketones is 1. The van der Waals surface area contributed by atoms with Crippen molar-refractivity contribution in [1.82, 2.24) is 0 Å². The first-order chi connectivity index (χ1) is 5.69. The smallest absolute Gasteiger partial charge is 0.164 e. The van der Waals surface area contributed by atoms with Gasteiger partial charge in [0, 0.05) is 13.0 Å². The van der Waals surface area contributed by atoms with Crippen LogP contribution in [0.5, 0.6) is 0 Å². The van der Waals surface area contributed by atoms with Gasteiger partial charge in [-0.3, -0.25) is 4.79 Å². The van der Waals surface area contributed by atoms with Crippen LogP contribution >= 0.6 is 0 Å². The fourth-order valence-corrected chi connectivity index (χ4v) is 1.65. The third-order valence-corrected chi connectivity index (χ3v) is 2.54. The van der Waals surface area contributed by atoms with E-state index in [0.717, 1.165) is 32.3 Å². The predicted molar refractivity (Wildman–Crippen MR) is 48.1 cm³/mol. The quantitative estimate of drug-likeness (QED) is 0.649. The van der Waals surface area contributed by atoms with Crippen molar-refractivity contribution in [3.63, 3.8) is 0 Å². The number of hydrogen-bond donors (Lipinski definition) is 0. The fourth-order valence-electron chi connectivity index (χ4n) is 1.65. The molecule has 1 aliphatic heterocycles. The van der Waals surface area contributed by atoms with E-state index in [9.17, 15) is 4.79 Å². The minimum atomic E-state index is -0.450. The first kappa shape index (κ1) is 9.72. The topological polar surface area (TPSA) is 26.3 Å². The number of carbonyl (C=O) groups excluding carboxylic acids is 1. The van der Waals surface area contributed by atoms with Crippen molar-refractivity contribution in [2.45, 2.75) is 51.6 Å². The first-order valence-corrected chi connectivity index (χ1v) is 4.86. The van der Waals surface area contributed by atoms with Gasteiger partial charge in [-0.25, -0.2) is 0 Å². The van der Waals surface area contributed by atoms with Gasteiger partial charge < -0.3 is 4.74 Å². The molecule has 1 rings (SSSR count). The summed E-state index contributed by atoms with van der Waals surface area (Å²) in [6.07, 6.45) is 4.74. The van der Waals surface area contributed by atoms with Crippen molar-refractivity contribution in [2.24, 2.45) is 0 Å². The maximum Gasteiger partial charge on any atom is 0.164 e. The van der Waals surface area contributed by atoms with Crippen LogP contribution in [0, 0.1) is 0 Å². The van der Waals surface area contributed by atoms with Crippen molar-refractivity contribution >= 4 is 5.78 Å². The molecule has 1 aliphatic rings. The van der Waals surface area contributed by atoms with E-state index in [1.807, 2.05) is 13.8 Å². The highest BCUT2D eigenvalue weighted by molar-refractivity contribution is 5.86. The SMILES string of the molecule is CCCC(=O)C1(C)CCCCO1. The summed E-state index contributed by atoms with van der Waals surface area (Å²) in [5, 5.41) is 0. The summed E-state index contributed by atoms with van der Waals surface area (Å²) in [5.41, 5.74) is -0.450. The molecule has 0 saturated carbocycles. The van der Waals surface area contributed by atoms with Crippen LogP contribution < -0.4 is 0 Å². The molecule has 1 heterocycles. The molecule has 0 amide bonds. The molecule has 0 aromatic carbocycles. The summed E-state index contributed by atoms with van der Waals surface area (Å²) in [7, 11) is 0. The molecule has 1 unspecified atom stereocenters. The maximum absolute atomic E-state index is 11.6. The highest BCUT2D eigenvalue weighted by Crippen LogP contribution is 2.26. The van der Waals surface area contributed by atoms with Gasteiger partial charge in [0.25, 0.3) is 0 Å². The van der Waals surface area contributed by atoms with Gasteiger partial charge in [0.05, 0.1) is 0 Å². The van der Waals surface area contributed by atoms with Gasteiger partial charge in [-0.2, -0.15) is 0 Å². The van der Waals surface area contributed by atoms with Crippen LogP contribution in [0.4, 0.5) is 0 Å². The second-order valence-corrected chi connectivity index (χ2v) is 3.71. The normalized spacial score (nSPS) is 30.2. The maximum atomic E-state index is 11.6. The number of hydrogen-bond acceptors (Lipinski definition) is 2. The van der Waals surface area contributed by atoms with Crippen molar-refractivity contribution in [3.8, 4) is 0 Å². The van der Waals surface area contributed by atoms with E-state index in [0.29, 0.717) is 6.42 Å². The highest BCUT2D eigenvalue weighted by atomic mass is 16.5. The predicted octanol–water partition coefficient (Wildman–Crippen LogP) is 2.31. The number of ether oxygens (including phenoxy) is 1. The molecule has 0 aromatic heterocycles. The largest absolute Gasteiger partial charge is 0.368 e. The third kappa shape index (κ3) is 2.07. The molecule has 0 N–H and O–H groups in total. The standard InChI is InChI=1S/C10H18O2/c1-3-6-9(11)10(2)7-4-5-8-12-10/h3-8H2,1-2H3. The highest BCUT2D eigenvalue weighted by Gasteiger charge is 2.34. The zero-order chi connectivity index (χ0) is 9.03. The van der Waals surface area contributed by atoms with Gasteiger partial charge in [0.15, 0.2) is 5.78 Å². The summed E-state index contributed by atoms with van der Waals surface area (Å²) >= 11 is 0. The Morgan fingerprint density at radius 2 is 2.25 bits per heavy atom. The Morgan fingerprint density at radius 1 is 1.50 bits per heavy atom. The average Bonchev–Trinajstić information content (AvgIpc) is 2.06. The van der Waals surface area contributed by atoms with Crippen LogP contribution in [0.25, 0.3) is 0 Å². The summed E-state index contributed by atoms with van der Waals surface area (Å²) in [4.78, 5) is 11.6. The van der Waals surface area contributed by atoms with Crippen molar-refractivity contribution in [3.05, 3.63) is 0 Å². The number of Topliss-reactive ketones (excluding diaryl/α,β-unsaturated/α-hetero) is 1. The van der Waals surface area contributed by atoms with E-state index in [1.54, 1.807) is 0 Å². The fraction of sp³-hybridized carbons (Fsp3) is 0.900. The Balaban J connectivity index is 2.50. The van der Waals surface area contributed by atoms with Gasteiger partial charge in [0.1, 0.15) is 5.60 Å². The van der Waals surface area contributed by atoms with E-state index in [-0.39, 0.29) is 5.78 Å². The third-order valence-electron chi connectivity index (χ3n) is 2.54. The van der Waals surface area contributed by atoms with E-state index < -0.39 is 5.60 Å². The lowest BCUT2D eigenvalue weighted by Gasteiger charge is -2.32. The summed E-state index contributed by atoms with van der Waals surface area (Å²) in [6, 6.07) is 0. The first-order valence-electron chi connectivity index (χ1n) is 4.86. The molecule has 2 heteroatoms. The molecular formula is C10H18O2. The van der Waals surface area contributed by atoms with Crippen LogP contribution in [0.3, 0.4) is 0 Å². The van der Waals surface area contributed by atoms with Gasteiger partial charge in [-0.05, 0) is 32.6 Å². The Hall–Kier alpha value is -0.370. The van der Waals surface area contributed by atoms with Crippen molar-refractivity contribution < 1.29 is 9.53 Å². The van der Waals surface area contributed by atoms with Crippen molar-refractivity contribution in [1.29, 1.82) is 0 Å².